The Morgan fingerprint density at radius 2 is 2.09 bits per heavy atom. The molecule has 1 aliphatic carbocycles. The minimum Gasteiger partial charge on any atom is -0.489 e. The van der Waals surface area contributed by atoms with Gasteiger partial charge in [0.15, 0.2) is 11.6 Å². The van der Waals surface area contributed by atoms with Crippen molar-refractivity contribution in [2.75, 3.05) is 26.7 Å². The molecule has 0 unspecified atom stereocenters. The molecule has 5 heteroatoms. The van der Waals surface area contributed by atoms with Crippen LogP contribution >= 0.6 is 0 Å². The maximum Gasteiger partial charge on any atom is 0.234 e. The normalized spacial score (nSPS) is 21.2. The Labute approximate surface area is 138 Å². The quantitative estimate of drug-likeness (QED) is 0.839. The Morgan fingerprint density at radius 3 is 2.83 bits per heavy atom. The number of carbonyl (C=O) groups is 1. The van der Waals surface area contributed by atoms with Crippen LogP contribution < -0.4 is 10.1 Å². The second kappa shape index (κ2) is 8.87. The highest BCUT2D eigenvalue weighted by molar-refractivity contribution is 5.78. The van der Waals surface area contributed by atoms with Crippen LogP contribution in [0.5, 0.6) is 5.75 Å². The van der Waals surface area contributed by atoms with E-state index in [1.807, 2.05) is 11.9 Å². The van der Waals surface area contributed by atoms with E-state index in [4.69, 9.17) is 4.74 Å². The van der Waals surface area contributed by atoms with Crippen LogP contribution in [0, 0.1) is 11.7 Å². The van der Waals surface area contributed by atoms with E-state index in [0.717, 1.165) is 6.42 Å². The van der Waals surface area contributed by atoms with E-state index in [0.29, 0.717) is 31.7 Å². The van der Waals surface area contributed by atoms with Gasteiger partial charge < -0.3 is 10.1 Å². The predicted molar refractivity (Wildman–Crippen MR) is 89.0 cm³/mol. The van der Waals surface area contributed by atoms with E-state index in [-0.39, 0.29) is 17.5 Å². The fourth-order valence-electron chi connectivity index (χ4n) is 2.98. The van der Waals surface area contributed by atoms with Gasteiger partial charge in [-0.3, -0.25) is 9.69 Å². The van der Waals surface area contributed by atoms with Crippen molar-refractivity contribution in [3.05, 3.63) is 30.1 Å². The fraction of sp³-hybridized carbons (Fsp3) is 0.611. The molecule has 1 aromatic rings. The summed E-state index contributed by atoms with van der Waals surface area (Å²) in [4.78, 5) is 14.0. The smallest absolute Gasteiger partial charge is 0.234 e. The van der Waals surface area contributed by atoms with Crippen molar-refractivity contribution in [1.29, 1.82) is 0 Å². The second-order valence-corrected chi connectivity index (χ2v) is 6.45. The number of rotatable bonds is 7. The SMILES string of the molecule is C[C@H]1CCCC[C@H]1NC(=O)CN(C)CCOc1ccccc1F. The molecule has 0 saturated heterocycles. The van der Waals surface area contributed by atoms with Crippen LogP contribution in [-0.4, -0.2) is 43.6 Å². The lowest BCUT2D eigenvalue weighted by Crippen LogP contribution is -2.45. The molecule has 4 nitrogen and oxygen atoms in total. The van der Waals surface area contributed by atoms with E-state index in [1.54, 1.807) is 18.2 Å². The van der Waals surface area contributed by atoms with Crippen LogP contribution in [0.4, 0.5) is 4.39 Å². The number of halogens is 1. The number of ether oxygens (including phenoxy) is 1. The molecule has 1 amide bonds. The number of hydrogen-bond acceptors (Lipinski definition) is 3. The van der Waals surface area contributed by atoms with E-state index in [1.165, 1.54) is 25.3 Å². The van der Waals surface area contributed by atoms with Gasteiger partial charge in [-0.05, 0) is 37.9 Å². The zero-order chi connectivity index (χ0) is 16.7. The lowest BCUT2D eigenvalue weighted by Gasteiger charge is -2.30. The van der Waals surface area contributed by atoms with E-state index in [2.05, 4.69) is 12.2 Å². The maximum atomic E-state index is 13.4. The highest BCUT2D eigenvalue weighted by Gasteiger charge is 2.22. The molecule has 1 N–H and O–H groups in total. The standard InChI is InChI=1S/C18H27FN2O2/c1-14-7-3-5-9-16(14)20-18(22)13-21(2)11-12-23-17-10-6-4-8-15(17)19/h4,6,8,10,14,16H,3,5,7,9,11-13H2,1-2H3,(H,20,22)/t14-,16+/m0/s1. The zero-order valence-electron chi connectivity index (χ0n) is 14.1. The molecule has 2 atom stereocenters. The largest absolute Gasteiger partial charge is 0.489 e. The molecular weight excluding hydrogens is 295 g/mol. The van der Waals surface area contributed by atoms with Crippen LogP contribution in [-0.2, 0) is 4.79 Å². The molecule has 1 fully saturated rings. The van der Waals surface area contributed by atoms with Gasteiger partial charge in [-0.25, -0.2) is 4.39 Å². The number of hydrogen-bond donors (Lipinski definition) is 1. The first-order valence-electron chi connectivity index (χ1n) is 8.41. The molecule has 0 radical (unpaired) electrons. The third-order valence-electron chi connectivity index (χ3n) is 4.44. The van der Waals surface area contributed by atoms with Crippen molar-refractivity contribution < 1.29 is 13.9 Å². The summed E-state index contributed by atoms with van der Waals surface area (Å²) in [6.45, 7) is 3.46. The Morgan fingerprint density at radius 1 is 1.35 bits per heavy atom. The molecule has 0 heterocycles. The number of para-hydroxylation sites is 1. The van der Waals surface area contributed by atoms with E-state index >= 15 is 0 Å². The summed E-state index contributed by atoms with van der Waals surface area (Å²) >= 11 is 0. The Kier molecular flexibility index (Phi) is 6.84. The minimum absolute atomic E-state index is 0.0529. The lowest BCUT2D eigenvalue weighted by molar-refractivity contribution is -0.123. The van der Waals surface area contributed by atoms with Gasteiger partial charge in [-0.15, -0.1) is 0 Å². The molecule has 23 heavy (non-hydrogen) atoms. The van der Waals surface area contributed by atoms with Crippen LogP contribution in [0.15, 0.2) is 24.3 Å². The van der Waals surface area contributed by atoms with Gasteiger partial charge in [0.05, 0.1) is 6.54 Å². The van der Waals surface area contributed by atoms with Gasteiger partial charge in [0.2, 0.25) is 5.91 Å². The van der Waals surface area contributed by atoms with Gasteiger partial charge in [0.25, 0.3) is 0 Å². The monoisotopic (exact) mass is 322 g/mol. The first kappa shape index (κ1) is 17.7. The first-order valence-corrected chi connectivity index (χ1v) is 8.41. The number of nitrogens with one attached hydrogen (secondary N) is 1. The van der Waals surface area contributed by atoms with Crippen LogP contribution in [0.3, 0.4) is 0 Å². The van der Waals surface area contributed by atoms with Crippen molar-refractivity contribution in [3.8, 4) is 5.75 Å². The summed E-state index contributed by atoms with van der Waals surface area (Å²) in [7, 11) is 1.87. The van der Waals surface area contributed by atoms with Crippen LogP contribution in [0.2, 0.25) is 0 Å². The van der Waals surface area contributed by atoms with E-state index < -0.39 is 0 Å². The summed E-state index contributed by atoms with van der Waals surface area (Å²) in [5.74, 6) is 0.500. The number of carbonyl (C=O) groups excluding carboxylic acids is 1. The van der Waals surface area contributed by atoms with Crippen LogP contribution in [0.25, 0.3) is 0 Å². The average molecular weight is 322 g/mol. The molecule has 0 spiro atoms. The van der Waals surface area contributed by atoms with Crippen molar-refractivity contribution in [2.24, 2.45) is 5.92 Å². The Balaban J connectivity index is 1.66. The van der Waals surface area contributed by atoms with Gasteiger partial charge in [-0.1, -0.05) is 31.9 Å². The summed E-state index contributed by atoms with van der Waals surface area (Å²) < 4.78 is 18.8. The van der Waals surface area contributed by atoms with Crippen molar-refractivity contribution in [1.82, 2.24) is 10.2 Å². The summed E-state index contributed by atoms with van der Waals surface area (Å²) in [6, 6.07) is 6.65. The highest BCUT2D eigenvalue weighted by Crippen LogP contribution is 2.23. The molecular formula is C18H27FN2O2. The van der Waals surface area contributed by atoms with E-state index in [9.17, 15) is 9.18 Å². The van der Waals surface area contributed by atoms with Crippen LogP contribution in [0.1, 0.15) is 32.6 Å². The molecule has 1 aromatic carbocycles. The number of benzene rings is 1. The topological polar surface area (TPSA) is 41.6 Å². The maximum absolute atomic E-state index is 13.4. The minimum atomic E-state index is -0.362. The number of nitrogens with zero attached hydrogens (tertiary/aromatic N) is 1. The van der Waals surface area contributed by atoms with Crippen molar-refractivity contribution >= 4 is 5.91 Å². The van der Waals surface area contributed by atoms with Gasteiger partial charge in [0, 0.05) is 12.6 Å². The summed E-state index contributed by atoms with van der Waals surface area (Å²) in [5.41, 5.74) is 0. The van der Waals surface area contributed by atoms with Gasteiger partial charge in [0.1, 0.15) is 6.61 Å². The number of likely N-dealkylation sites (N-methyl/N-ethyl adjacent to an activating group) is 1. The fourth-order valence-corrected chi connectivity index (χ4v) is 2.98. The Bertz CT molecular complexity index is 510. The molecule has 0 aliphatic heterocycles. The predicted octanol–water partition coefficient (Wildman–Crippen LogP) is 2.83. The summed E-state index contributed by atoms with van der Waals surface area (Å²) in [6.07, 6.45) is 4.73. The number of amides is 1. The zero-order valence-corrected chi connectivity index (χ0v) is 14.1. The Hall–Kier alpha value is -1.62. The molecule has 2 rings (SSSR count). The van der Waals surface area contributed by atoms with Gasteiger partial charge >= 0.3 is 0 Å². The molecule has 1 saturated carbocycles. The second-order valence-electron chi connectivity index (χ2n) is 6.45. The highest BCUT2D eigenvalue weighted by atomic mass is 19.1. The molecule has 0 aromatic heterocycles. The molecule has 0 bridgehead atoms. The third-order valence-corrected chi connectivity index (χ3v) is 4.44. The molecule has 128 valence electrons. The summed E-state index contributed by atoms with van der Waals surface area (Å²) in [5, 5.41) is 3.14. The third kappa shape index (κ3) is 5.82. The molecule has 1 aliphatic rings. The van der Waals surface area contributed by atoms with Crippen molar-refractivity contribution in [2.45, 2.75) is 38.6 Å². The lowest BCUT2D eigenvalue weighted by atomic mass is 9.86. The first-order chi connectivity index (χ1) is 11.1. The van der Waals surface area contributed by atoms with Gasteiger partial charge in [-0.2, -0.15) is 0 Å². The average Bonchev–Trinajstić information content (AvgIpc) is 2.51. The van der Waals surface area contributed by atoms with Crippen molar-refractivity contribution in [3.63, 3.8) is 0 Å².